The molecule has 0 spiro atoms. The Labute approximate surface area is 110 Å². The van der Waals surface area contributed by atoms with Crippen LogP contribution in [-0.4, -0.2) is 5.11 Å². The van der Waals surface area contributed by atoms with E-state index in [0.29, 0.717) is 27.6 Å². The van der Waals surface area contributed by atoms with Crippen molar-refractivity contribution in [3.8, 4) is 11.5 Å². The number of benzene rings is 2. The number of aliphatic hydroxyl groups is 1. The van der Waals surface area contributed by atoms with Crippen molar-refractivity contribution in [2.24, 2.45) is 0 Å². The average molecular weight is 267 g/mol. The molecule has 1 N–H and O–H groups in total. The third-order valence-corrected chi connectivity index (χ3v) is 2.83. The highest BCUT2D eigenvalue weighted by Gasteiger charge is 2.07. The first-order valence-corrected chi connectivity index (χ1v) is 5.81. The second kappa shape index (κ2) is 5.38. The van der Waals surface area contributed by atoms with E-state index in [4.69, 9.17) is 21.4 Å². The molecule has 0 amide bonds. The lowest BCUT2D eigenvalue weighted by Gasteiger charge is -2.10. The van der Waals surface area contributed by atoms with E-state index in [1.807, 2.05) is 0 Å². The summed E-state index contributed by atoms with van der Waals surface area (Å²) >= 11 is 6.03. The minimum atomic E-state index is -0.304. The molecule has 0 aromatic heterocycles. The molecule has 0 fully saturated rings. The normalized spacial score (nSPS) is 10.4. The highest BCUT2D eigenvalue weighted by atomic mass is 35.5. The summed E-state index contributed by atoms with van der Waals surface area (Å²) in [5.41, 5.74) is 1.40. The smallest absolute Gasteiger partial charge is 0.146 e. The van der Waals surface area contributed by atoms with Crippen molar-refractivity contribution in [3.05, 3.63) is 58.4 Å². The SMILES string of the molecule is Cc1cc(F)ccc1Oc1ccc(CO)cc1Cl. The highest BCUT2D eigenvalue weighted by molar-refractivity contribution is 6.32. The van der Waals surface area contributed by atoms with E-state index in [-0.39, 0.29) is 12.4 Å². The molecule has 0 radical (unpaired) electrons. The molecule has 94 valence electrons. The molecule has 0 aliphatic carbocycles. The van der Waals surface area contributed by atoms with Gasteiger partial charge in [-0.3, -0.25) is 0 Å². The Morgan fingerprint density at radius 1 is 1.17 bits per heavy atom. The molecule has 18 heavy (non-hydrogen) atoms. The first kappa shape index (κ1) is 12.9. The van der Waals surface area contributed by atoms with Crippen LogP contribution in [-0.2, 0) is 6.61 Å². The van der Waals surface area contributed by atoms with Crippen molar-refractivity contribution in [3.63, 3.8) is 0 Å². The van der Waals surface area contributed by atoms with Crippen LogP contribution < -0.4 is 4.74 Å². The molecular weight excluding hydrogens is 255 g/mol. The Bertz CT molecular complexity index is 570. The summed E-state index contributed by atoms with van der Waals surface area (Å²) in [7, 11) is 0. The Morgan fingerprint density at radius 2 is 1.89 bits per heavy atom. The van der Waals surface area contributed by atoms with Gasteiger partial charge in [-0.2, -0.15) is 0 Å². The molecule has 2 rings (SSSR count). The van der Waals surface area contributed by atoms with Gasteiger partial charge in [0.15, 0.2) is 0 Å². The Morgan fingerprint density at radius 3 is 2.50 bits per heavy atom. The molecule has 0 aliphatic heterocycles. The van der Waals surface area contributed by atoms with Gasteiger partial charge in [-0.25, -0.2) is 4.39 Å². The zero-order chi connectivity index (χ0) is 13.1. The molecule has 2 nitrogen and oxygen atoms in total. The van der Waals surface area contributed by atoms with Gasteiger partial charge in [-0.1, -0.05) is 17.7 Å². The Balaban J connectivity index is 2.28. The summed E-state index contributed by atoms with van der Waals surface area (Å²) in [6.45, 7) is 1.68. The summed E-state index contributed by atoms with van der Waals surface area (Å²) in [4.78, 5) is 0. The van der Waals surface area contributed by atoms with Crippen molar-refractivity contribution in [2.75, 3.05) is 0 Å². The fraction of sp³-hybridized carbons (Fsp3) is 0.143. The number of aryl methyl sites for hydroxylation is 1. The van der Waals surface area contributed by atoms with E-state index in [9.17, 15) is 4.39 Å². The van der Waals surface area contributed by atoms with Gasteiger partial charge in [0, 0.05) is 0 Å². The number of halogens is 2. The third kappa shape index (κ3) is 2.81. The fourth-order valence-corrected chi connectivity index (χ4v) is 1.81. The van der Waals surface area contributed by atoms with Crippen LogP contribution in [0.15, 0.2) is 36.4 Å². The molecule has 0 aliphatic rings. The number of aliphatic hydroxyl groups excluding tert-OH is 1. The first-order chi connectivity index (χ1) is 8.60. The predicted octanol–water partition coefficient (Wildman–Crippen LogP) is 4.07. The van der Waals surface area contributed by atoms with Crippen LogP contribution in [0.1, 0.15) is 11.1 Å². The maximum absolute atomic E-state index is 13.0. The zero-order valence-corrected chi connectivity index (χ0v) is 10.5. The van der Waals surface area contributed by atoms with Crippen molar-refractivity contribution in [1.82, 2.24) is 0 Å². The third-order valence-electron chi connectivity index (χ3n) is 2.54. The van der Waals surface area contributed by atoms with Crippen LogP contribution in [0.25, 0.3) is 0 Å². The first-order valence-electron chi connectivity index (χ1n) is 5.43. The number of ether oxygens (including phenoxy) is 1. The highest BCUT2D eigenvalue weighted by Crippen LogP contribution is 2.31. The molecule has 0 unspecified atom stereocenters. The molecule has 2 aromatic rings. The second-order valence-electron chi connectivity index (χ2n) is 3.93. The lowest BCUT2D eigenvalue weighted by atomic mass is 10.2. The number of hydrogen-bond acceptors (Lipinski definition) is 2. The summed E-state index contributed by atoms with van der Waals surface area (Å²) in [5.74, 6) is 0.722. The summed E-state index contributed by atoms with van der Waals surface area (Å²) in [6, 6.07) is 9.32. The molecule has 2 aromatic carbocycles. The van der Waals surface area contributed by atoms with Crippen LogP contribution in [0.3, 0.4) is 0 Å². The van der Waals surface area contributed by atoms with E-state index in [0.717, 1.165) is 0 Å². The van der Waals surface area contributed by atoms with Crippen molar-refractivity contribution < 1.29 is 14.2 Å². The van der Waals surface area contributed by atoms with Crippen molar-refractivity contribution in [2.45, 2.75) is 13.5 Å². The van der Waals surface area contributed by atoms with E-state index < -0.39 is 0 Å². The fourth-order valence-electron chi connectivity index (χ4n) is 1.57. The van der Waals surface area contributed by atoms with Crippen molar-refractivity contribution in [1.29, 1.82) is 0 Å². The molecule has 0 bridgehead atoms. The standard InChI is InChI=1S/C14H12ClFO2/c1-9-6-11(16)3-5-13(9)18-14-4-2-10(8-17)7-12(14)15/h2-7,17H,8H2,1H3. The van der Waals surface area contributed by atoms with Crippen molar-refractivity contribution >= 4 is 11.6 Å². The van der Waals surface area contributed by atoms with E-state index in [1.165, 1.54) is 12.1 Å². The van der Waals surface area contributed by atoms with E-state index in [2.05, 4.69) is 0 Å². The predicted molar refractivity (Wildman–Crippen MR) is 68.6 cm³/mol. The zero-order valence-electron chi connectivity index (χ0n) is 9.78. The molecule has 0 atom stereocenters. The minimum Gasteiger partial charge on any atom is -0.456 e. The second-order valence-corrected chi connectivity index (χ2v) is 4.34. The molecular formula is C14H12ClFO2. The van der Waals surface area contributed by atoms with Gasteiger partial charge in [0.2, 0.25) is 0 Å². The van der Waals surface area contributed by atoms with Gasteiger partial charge in [-0.05, 0) is 48.4 Å². The minimum absolute atomic E-state index is 0.0738. The Kier molecular flexibility index (Phi) is 3.84. The quantitative estimate of drug-likeness (QED) is 0.907. The summed E-state index contributed by atoms with van der Waals surface area (Å²) < 4.78 is 18.6. The van der Waals surface area contributed by atoms with Gasteiger partial charge in [0.25, 0.3) is 0 Å². The monoisotopic (exact) mass is 266 g/mol. The van der Waals surface area contributed by atoms with Gasteiger partial charge in [-0.15, -0.1) is 0 Å². The molecule has 0 saturated carbocycles. The van der Waals surface area contributed by atoms with Crippen LogP contribution in [0.2, 0.25) is 5.02 Å². The molecule has 0 heterocycles. The van der Waals surface area contributed by atoms with Gasteiger partial charge < -0.3 is 9.84 Å². The van der Waals surface area contributed by atoms with Gasteiger partial charge >= 0.3 is 0 Å². The number of rotatable bonds is 3. The maximum Gasteiger partial charge on any atom is 0.146 e. The maximum atomic E-state index is 13.0. The molecule has 4 heteroatoms. The lowest BCUT2D eigenvalue weighted by molar-refractivity contribution is 0.281. The topological polar surface area (TPSA) is 29.5 Å². The van der Waals surface area contributed by atoms with Crippen LogP contribution in [0.5, 0.6) is 11.5 Å². The van der Waals surface area contributed by atoms with Gasteiger partial charge in [0.05, 0.1) is 11.6 Å². The van der Waals surface area contributed by atoms with Crippen LogP contribution in [0, 0.1) is 12.7 Å². The van der Waals surface area contributed by atoms with E-state index in [1.54, 1.807) is 31.2 Å². The summed E-state index contributed by atoms with van der Waals surface area (Å²) in [5, 5.41) is 9.38. The molecule has 0 saturated heterocycles. The van der Waals surface area contributed by atoms with Crippen LogP contribution >= 0.6 is 11.6 Å². The largest absolute Gasteiger partial charge is 0.456 e. The van der Waals surface area contributed by atoms with Gasteiger partial charge in [0.1, 0.15) is 17.3 Å². The Hall–Kier alpha value is -1.58. The number of hydrogen-bond donors (Lipinski definition) is 1. The lowest BCUT2D eigenvalue weighted by Crippen LogP contribution is -1.91. The summed E-state index contributed by atoms with van der Waals surface area (Å²) in [6.07, 6.45) is 0. The van der Waals surface area contributed by atoms with E-state index >= 15 is 0 Å². The van der Waals surface area contributed by atoms with Crippen LogP contribution in [0.4, 0.5) is 4.39 Å². The average Bonchev–Trinajstić information content (AvgIpc) is 2.34.